The van der Waals surface area contributed by atoms with Crippen LogP contribution in [0.2, 0.25) is 0 Å². The largest absolute Gasteiger partial charge is 0.554 e. The number of carbonyl (C=O) groups excluding carboxylic acids is 4. The molecule has 0 bridgehead atoms. The van der Waals surface area contributed by atoms with Crippen LogP contribution in [0.15, 0.2) is 16.2 Å². The summed E-state index contributed by atoms with van der Waals surface area (Å²) in [4.78, 5) is 47.4. The maximum absolute atomic E-state index is 13.2. The summed E-state index contributed by atoms with van der Waals surface area (Å²) in [5.74, 6) is -0.247. The molecule has 3 rings (SSSR count). The van der Waals surface area contributed by atoms with Gasteiger partial charge < -0.3 is 39.6 Å². The van der Waals surface area contributed by atoms with Gasteiger partial charge in [-0.05, 0) is 50.5 Å². The van der Waals surface area contributed by atoms with Gasteiger partial charge in [0.05, 0.1) is 25.4 Å². The number of nitrogens with one attached hydrogen (secondary N) is 3. The maximum Gasteiger partial charge on any atom is 0.280 e. The van der Waals surface area contributed by atoms with Gasteiger partial charge in [0, 0.05) is 25.7 Å². The molecule has 0 aromatic carbocycles. The van der Waals surface area contributed by atoms with E-state index in [4.69, 9.17) is 19.2 Å². The Kier molecular flexibility index (Phi) is 12.2. The summed E-state index contributed by atoms with van der Waals surface area (Å²) >= 11 is 1.29. The molecule has 0 spiro atoms. The van der Waals surface area contributed by atoms with E-state index in [9.17, 15) is 14.4 Å². The van der Waals surface area contributed by atoms with Crippen molar-refractivity contribution in [3.05, 3.63) is 27.6 Å². The highest BCUT2D eigenvalue weighted by Crippen LogP contribution is 2.28. The molecule has 1 saturated heterocycles. The molecule has 37 heavy (non-hydrogen) atoms. The molecule has 0 unspecified atom stereocenters. The number of hydrogen-bond donors (Lipinski definition) is 3. The second-order valence-corrected chi connectivity index (χ2v) is 9.81. The standard InChI is InChI=1S/C23H33N5O5S.CH2O2/c1-16-14-33-27-22(16)26-19(30)13-28(9-6-4-5-7-10-28)12-18(29)25-20-17(2)15-34-21(20)23(31)24-8-11-32-3;2-1-3/h14-15H,4-13H2,1-3H3,(H2-,24,25,26,27,29,30,31);1H,(H,2,3). The smallest absolute Gasteiger partial charge is 0.280 e. The molecule has 0 aliphatic carbocycles. The Bertz CT molecular complexity index is 1040. The summed E-state index contributed by atoms with van der Waals surface area (Å²) in [6, 6.07) is 0. The molecule has 3 amide bonds. The molecule has 204 valence electrons. The fourth-order valence-electron chi connectivity index (χ4n) is 4.21. The van der Waals surface area contributed by atoms with Crippen LogP contribution in [0.3, 0.4) is 0 Å². The third-order valence-electron chi connectivity index (χ3n) is 6.02. The number of aromatic nitrogens is 1. The number of nitrogens with zero attached hydrogens (tertiary/aromatic N) is 2. The zero-order chi connectivity index (χ0) is 27.3. The normalized spacial score (nSPS) is 14.5. The molecule has 0 radical (unpaired) electrons. The molecule has 12 nitrogen and oxygen atoms in total. The van der Waals surface area contributed by atoms with Gasteiger partial charge in [0.25, 0.3) is 17.7 Å². The first-order chi connectivity index (χ1) is 17.7. The van der Waals surface area contributed by atoms with Gasteiger partial charge in [-0.25, -0.2) is 0 Å². The molecule has 2 aromatic heterocycles. The minimum atomic E-state index is -0.500. The van der Waals surface area contributed by atoms with Crippen LogP contribution >= 0.6 is 11.3 Å². The minimum absolute atomic E-state index is 0.158. The lowest BCUT2D eigenvalue weighted by Gasteiger charge is -2.36. The van der Waals surface area contributed by atoms with Crippen molar-refractivity contribution in [2.45, 2.75) is 39.5 Å². The number of carboxylic acid groups (broad SMARTS) is 1. The predicted octanol–water partition coefficient (Wildman–Crippen LogP) is 1.06. The number of rotatable bonds is 10. The summed E-state index contributed by atoms with van der Waals surface area (Å²) in [6.45, 7) is 5.78. The zero-order valence-corrected chi connectivity index (χ0v) is 22.3. The van der Waals surface area contributed by atoms with Crippen molar-refractivity contribution in [2.24, 2.45) is 0 Å². The van der Waals surface area contributed by atoms with Crippen LogP contribution in [0.1, 0.15) is 46.5 Å². The predicted molar refractivity (Wildman–Crippen MR) is 136 cm³/mol. The topological polar surface area (TPSA) is 163 Å². The summed E-state index contributed by atoms with van der Waals surface area (Å²) in [5, 5.41) is 22.5. The highest BCUT2D eigenvalue weighted by atomic mass is 32.1. The Balaban J connectivity index is 0.00000153. The van der Waals surface area contributed by atoms with Crippen LogP contribution in [0.4, 0.5) is 11.5 Å². The molecule has 0 atom stereocenters. The average molecular weight is 538 g/mol. The van der Waals surface area contributed by atoms with Crippen molar-refractivity contribution in [3.63, 3.8) is 0 Å². The Morgan fingerprint density at radius 2 is 1.73 bits per heavy atom. The third kappa shape index (κ3) is 9.26. The van der Waals surface area contributed by atoms with Crippen molar-refractivity contribution in [3.8, 4) is 0 Å². The summed E-state index contributed by atoms with van der Waals surface area (Å²) in [5.41, 5.74) is 2.11. The molecular formula is C24H35N5O7S. The van der Waals surface area contributed by atoms with Crippen molar-refractivity contribution < 1.29 is 38.0 Å². The highest BCUT2D eigenvalue weighted by molar-refractivity contribution is 7.13. The summed E-state index contributed by atoms with van der Waals surface area (Å²) in [6.07, 6.45) is 5.55. The second kappa shape index (κ2) is 15.1. The fraction of sp³-hybridized carbons (Fsp3) is 0.542. The lowest BCUT2D eigenvalue weighted by Crippen LogP contribution is -2.56. The number of ether oxygens (including phenoxy) is 1. The van der Waals surface area contributed by atoms with Crippen molar-refractivity contribution >= 4 is 47.0 Å². The molecular weight excluding hydrogens is 502 g/mol. The second-order valence-electron chi connectivity index (χ2n) is 8.93. The lowest BCUT2D eigenvalue weighted by atomic mass is 10.2. The van der Waals surface area contributed by atoms with E-state index >= 15 is 0 Å². The van der Waals surface area contributed by atoms with Gasteiger partial charge in [-0.2, -0.15) is 0 Å². The van der Waals surface area contributed by atoms with Crippen molar-refractivity contribution in [1.82, 2.24) is 10.5 Å². The minimum Gasteiger partial charge on any atom is -0.554 e. The molecule has 0 saturated carbocycles. The monoisotopic (exact) mass is 537 g/mol. The Hall–Kier alpha value is -3.29. The third-order valence-corrected chi connectivity index (χ3v) is 7.11. The Labute approximate surface area is 219 Å². The quantitative estimate of drug-likeness (QED) is 0.230. The van der Waals surface area contributed by atoms with E-state index in [2.05, 4.69) is 21.1 Å². The SMILES string of the molecule is COCCNC(=O)c1scc(C)c1NC(=O)C[N+]1(CC(=O)Nc2nocc2C)CCCCCC1.O=C[O-]. The van der Waals surface area contributed by atoms with Crippen LogP contribution in [0, 0.1) is 13.8 Å². The number of amides is 3. The van der Waals surface area contributed by atoms with E-state index in [0.29, 0.717) is 34.0 Å². The number of likely N-dealkylation sites (tertiary alicyclic amines) is 1. The van der Waals surface area contributed by atoms with E-state index in [1.165, 1.54) is 17.6 Å². The van der Waals surface area contributed by atoms with Crippen molar-refractivity contribution in [1.29, 1.82) is 0 Å². The first kappa shape index (κ1) is 29.9. The molecule has 3 N–H and O–H groups in total. The molecule has 1 aliphatic heterocycles. The van der Waals surface area contributed by atoms with E-state index in [1.807, 2.05) is 19.2 Å². The number of anilines is 2. The Morgan fingerprint density at radius 1 is 1.11 bits per heavy atom. The molecule has 2 aromatic rings. The first-order valence-electron chi connectivity index (χ1n) is 12.0. The van der Waals surface area contributed by atoms with Gasteiger partial charge in [0.1, 0.15) is 11.1 Å². The van der Waals surface area contributed by atoms with E-state index in [-0.39, 0.29) is 30.8 Å². The zero-order valence-electron chi connectivity index (χ0n) is 21.5. The molecule has 1 fully saturated rings. The van der Waals surface area contributed by atoms with Crippen LogP contribution in [-0.4, -0.2) is 80.3 Å². The first-order valence-corrected chi connectivity index (χ1v) is 12.9. The molecule has 3 heterocycles. The lowest BCUT2D eigenvalue weighted by molar-refractivity contribution is -0.912. The maximum atomic E-state index is 13.2. The van der Waals surface area contributed by atoms with Gasteiger partial charge in [0.15, 0.2) is 18.9 Å². The highest BCUT2D eigenvalue weighted by Gasteiger charge is 2.35. The number of thiophene rings is 1. The average Bonchev–Trinajstić information content (AvgIpc) is 3.32. The van der Waals surface area contributed by atoms with Crippen LogP contribution in [0.25, 0.3) is 0 Å². The van der Waals surface area contributed by atoms with Gasteiger partial charge in [-0.3, -0.25) is 14.4 Å². The van der Waals surface area contributed by atoms with Gasteiger partial charge in [-0.1, -0.05) is 5.16 Å². The number of aryl methyl sites for hydroxylation is 2. The van der Waals surface area contributed by atoms with Crippen LogP contribution in [-0.2, 0) is 19.1 Å². The van der Waals surface area contributed by atoms with Gasteiger partial charge >= 0.3 is 0 Å². The molecule has 13 heteroatoms. The van der Waals surface area contributed by atoms with Crippen molar-refractivity contribution in [2.75, 3.05) is 57.1 Å². The number of hydrogen-bond acceptors (Lipinski definition) is 9. The van der Waals surface area contributed by atoms with Gasteiger partial charge in [0.2, 0.25) is 0 Å². The number of methoxy groups -OCH3 is 1. The van der Waals surface area contributed by atoms with Crippen LogP contribution < -0.4 is 21.1 Å². The molecule has 1 aliphatic rings. The number of carbonyl (C=O) groups is 4. The Morgan fingerprint density at radius 3 is 2.30 bits per heavy atom. The van der Waals surface area contributed by atoms with Crippen LogP contribution in [0.5, 0.6) is 0 Å². The van der Waals surface area contributed by atoms with E-state index < -0.39 is 6.47 Å². The van der Waals surface area contributed by atoms with Gasteiger partial charge in [-0.15, -0.1) is 11.3 Å². The van der Waals surface area contributed by atoms with E-state index in [1.54, 1.807) is 7.11 Å². The summed E-state index contributed by atoms with van der Waals surface area (Å²) < 4.78 is 10.3. The fourth-order valence-corrected chi connectivity index (χ4v) is 5.13. The van der Waals surface area contributed by atoms with E-state index in [0.717, 1.165) is 49.9 Å². The number of quaternary nitrogens is 1. The summed E-state index contributed by atoms with van der Waals surface area (Å²) in [7, 11) is 1.57.